The molecule has 7 rings (SSSR count). The zero-order chi connectivity index (χ0) is 31.5. The Labute approximate surface area is 310 Å². The maximum atomic E-state index is 2.75. The van der Waals surface area contributed by atoms with Crippen molar-refractivity contribution in [2.24, 2.45) is 0 Å². The molecule has 0 spiro atoms. The first-order valence-electron chi connectivity index (χ1n) is 17.3. The molecule has 2 fully saturated rings. The fraction of sp³-hybridized carbons (Fsp3) is 0.381. The molecule has 0 saturated heterocycles. The first-order valence-corrected chi connectivity index (χ1v) is 20.2. The van der Waals surface area contributed by atoms with E-state index in [2.05, 4.69) is 109 Å². The van der Waals surface area contributed by atoms with Crippen molar-refractivity contribution in [1.82, 2.24) is 5.32 Å². The van der Waals surface area contributed by atoms with Crippen molar-refractivity contribution in [2.45, 2.75) is 88.9 Å². The van der Waals surface area contributed by atoms with Crippen molar-refractivity contribution in [3.05, 3.63) is 133 Å². The molecule has 0 aliphatic heterocycles. The summed E-state index contributed by atoms with van der Waals surface area (Å²) in [5, 5.41) is 8.87. The van der Waals surface area contributed by atoms with Gasteiger partial charge in [0.15, 0.2) is 0 Å². The first kappa shape index (κ1) is 41.6. The Hall–Kier alpha value is -1.52. The molecular weight excluding hydrogens is 692 g/mol. The molecule has 5 heteroatoms. The van der Waals surface area contributed by atoms with Gasteiger partial charge in [0, 0.05) is 34.1 Å². The van der Waals surface area contributed by atoms with Crippen LogP contribution >= 0.6 is 15.8 Å². The van der Waals surface area contributed by atoms with Crippen molar-refractivity contribution in [3.8, 4) is 0 Å². The number of rotatable bonds is 7. The third-order valence-electron chi connectivity index (χ3n) is 8.85. The van der Waals surface area contributed by atoms with Crippen LogP contribution in [0.15, 0.2) is 127 Å². The number of nitrogens with one attached hydrogen (secondary N) is 1. The molecule has 0 amide bonds. The fourth-order valence-electron chi connectivity index (χ4n) is 6.78. The van der Waals surface area contributed by atoms with E-state index in [0.717, 1.165) is 17.7 Å². The predicted molar refractivity (Wildman–Crippen MR) is 205 cm³/mol. The van der Waals surface area contributed by atoms with E-state index in [-0.39, 0.29) is 42.1 Å². The topological polar surface area (TPSA) is 12.0 Å². The van der Waals surface area contributed by atoms with Gasteiger partial charge < -0.3 is 34.9 Å². The second kappa shape index (κ2) is 24.6. The average molecular weight is 748 g/mol. The number of hydrogen-bond donors (Lipinski definition) is 1. The van der Waals surface area contributed by atoms with Crippen molar-refractivity contribution in [1.29, 1.82) is 0 Å². The molecule has 0 radical (unpaired) electrons. The van der Waals surface area contributed by atoms with Crippen LogP contribution in [0.4, 0.5) is 0 Å². The van der Waals surface area contributed by atoms with Crippen molar-refractivity contribution < 1.29 is 34.1 Å². The van der Waals surface area contributed by atoms with Crippen LogP contribution in [0.1, 0.15) is 76.7 Å². The summed E-state index contributed by atoms with van der Waals surface area (Å²) in [6.45, 7) is 2.24. The van der Waals surface area contributed by atoms with Gasteiger partial charge in [0.2, 0.25) is 0 Å². The van der Waals surface area contributed by atoms with Crippen LogP contribution in [0.3, 0.4) is 0 Å². The summed E-state index contributed by atoms with van der Waals surface area (Å²) in [4.78, 5) is 0. The second-order valence-corrected chi connectivity index (χ2v) is 17.2. The first-order chi connectivity index (χ1) is 22.3. The Kier molecular flexibility index (Phi) is 21.8. The van der Waals surface area contributed by atoms with E-state index in [9.17, 15) is 0 Å². The van der Waals surface area contributed by atoms with E-state index in [0.29, 0.717) is 0 Å². The summed E-state index contributed by atoms with van der Waals surface area (Å²) in [5.74, 6) is 0. The molecule has 0 aromatic heterocycles. The minimum absolute atomic E-state index is 0. The average Bonchev–Trinajstić information content (AvgIpc) is 3.94. The van der Waals surface area contributed by atoms with Crippen LogP contribution in [0.2, 0.25) is 0 Å². The summed E-state index contributed by atoms with van der Waals surface area (Å²) < 4.78 is 0. The largest absolute Gasteiger partial charge is 0.747 e. The van der Waals surface area contributed by atoms with E-state index in [1.165, 1.54) is 85.7 Å². The maximum absolute atomic E-state index is 2.75. The molecule has 262 valence electrons. The van der Waals surface area contributed by atoms with Gasteiger partial charge in [-0.25, -0.2) is 30.3 Å². The summed E-state index contributed by atoms with van der Waals surface area (Å²) in [5.41, 5.74) is 3.59. The number of hydrogen-bond acceptors (Lipinski definition) is 1. The van der Waals surface area contributed by atoms with Crippen LogP contribution in [-0.2, 0) is 40.6 Å². The molecule has 0 bridgehead atoms. The third kappa shape index (κ3) is 13.4. The molecule has 5 aromatic rings. The van der Waals surface area contributed by atoms with Crippen LogP contribution in [0, 0.1) is 0 Å². The molecule has 2 saturated carbocycles. The van der Waals surface area contributed by atoms with Gasteiger partial charge in [-0.05, 0) is 51.1 Å². The normalized spacial score (nSPS) is 15.3. The standard InChI is InChI=1S/C18H17P.C17H26P.C5H5.C2H7N.2Fe/c1-2-15-9-8-14-18(15)19(17-12-6-7-13-17)16-10-4-3-5-11-16;1-3-9-15(10-4-1)18(17-13-7-8-14-17)16-11-5-2-6-12-16;1-2-4-5-3-1;1-3-2;;/h3-14H,2H2,1H3;7-8,13-16H,1-6,9-12H2;1-5H;3H,1-2H3;;/q-6;2*-1;;;. The molecule has 47 heavy (non-hydrogen) atoms. The van der Waals surface area contributed by atoms with Crippen LogP contribution < -0.4 is 26.5 Å². The van der Waals surface area contributed by atoms with Gasteiger partial charge in [-0.2, -0.15) is 58.6 Å². The molecule has 2 aliphatic carbocycles. The molecule has 1 N–H and O–H groups in total. The Morgan fingerprint density at radius 1 is 0.681 bits per heavy atom. The second-order valence-electron chi connectivity index (χ2n) is 12.2. The van der Waals surface area contributed by atoms with E-state index in [4.69, 9.17) is 0 Å². The monoisotopic (exact) mass is 747 g/mol. The molecule has 2 aliphatic rings. The Morgan fingerprint density at radius 3 is 1.72 bits per heavy atom. The van der Waals surface area contributed by atoms with Crippen molar-refractivity contribution in [2.75, 3.05) is 14.1 Å². The molecular formula is C42H55Fe2NP2-8. The maximum Gasteiger partial charge on any atom is 0 e. The van der Waals surface area contributed by atoms with Gasteiger partial charge in [-0.15, -0.1) is 7.92 Å². The Morgan fingerprint density at radius 2 is 1.26 bits per heavy atom. The van der Waals surface area contributed by atoms with Gasteiger partial charge in [-0.1, -0.05) is 87.5 Å². The van der Waals surface area contributed by atoms with E-state index < -0.39 is 7.92 Å². The number of aryl methyl sites for hydroxylation is 1. The third-order valence-corrected chi connectivity index (χ3v) is 14.9. The van der Waals surface area contributed by atoms with Crippen LogP contribution in [0.5, 0.6) is 0 Å². The Bertz CT molecular complexity index is 1310. The summed E-state index contributed by atoms with van der Waals surface area (Å²) in [6.07, 6.45) is 16.2. The molecule has 1 nitrogen and oxygen atoms in total. The predicted octanol–water partition coefficient (Wildman–Crippen LogP) is 9.86. The van der Waals surface area contributed by atoms with Crippen molar-refractivity contribution >= 4 is 37.1 Å². The zero-order valence-electron chi connectivity index (χ0n) is 28.7. The summed E-state index contributed by atoms with van der Waals surface area (Å²) >= 11 is 0. The van der Waals surface area contributed by atoms with Gasteiger partial charge in [0.25, 0.3) is 0 Å². The van der Waals surface area contributed by atoms with Gasteiger partial charge in [0.1, 0.15) is 0 Å². The molecule has 5 aromatic carbocycles. The van der Waals surface area contributed by atoms with Crippen LogP contribution in [0.25, 0.3) is 0 Å². The molecule has 1 atom stereocenters. The number of benzene rings is 1. The van der Waals surface area contributed by atoms with Gasteiger partial charge in [0.05, 0.1) is 0 Å². The SMILES string of the molecule is CC[c-]1cccc1P(c1ccccc1)[c-]1[cH-][cH-][cH-][cH-]1.CNC.[Fe].[Fe].c1cc(P(C2CCCCC2)C2CCCCC2)c[cH-]1.c1cc[cH-]c1. The minimum Gasteiger partial charge on any atom is -0.747 e. The zero-order valence-corrected chi connectivity index (χ0v) is 32.7. The summed E-state index contributed by atoms with van der Waals surface area (Å²) in [6, 6.07) is 45.8. The fourth-order valence-corrected chi connectivity index (χ4v) is 13.1. The van der Waals surface area contributed by atoms with Crippen LogP contribution in [-0.4, -0.2) is 25.4 Å². The van der Waals surface area contributed by atoms with Crippen molar-refractivity contribution in [3.63, 3.8) is 0 Å². The minimum atomic E-state index is -0.399. The van der Waals surface area contributed by atoms with Gasteiger partial charge >= 0.3 is 0 Å². The quantitative estimate of drug-likeness (QED) is 0.0994. The Balaban J connectivity index is 0.000000257. The van der Waals surface area contributed by atoms with E-state index in [1.54, 1.807) is 5.30 Å². The molecule has 1 unspecified atom stereocenters. The summed E-state index contributed by atoms with van der Waals surface area (Å²) in [7, 11) is 3.50. The van der Waals surface area contributed by atoms with Gasteiger partial charge in [-0.3, -0.25) is 7.92 Å². The van der Waals surface area contributed by atoms with E-state index >= 15 is 0 Å². The smallest absolute Gasteiger partial charge is 0 e. The van der Waals surface area contributed by atoms with E-state index in [1.807, 2.05) is 44.4 Å². The molecule has 0 heterocycles.